The summed E-state index contributed by atoms with van der Waals surface area (Å²) in [7, 11) is 0. The summed E-state index contributed by atoms with van der Waals surface area (Å²) in [6, 6.07) is 5.79. The van der Waals surface area contributed by atoms with Crippen LogP contribution in [0, 0.1) is 3.57 Å². The minimum atomic E-state index is 0.0751. The van der Waals surface area contributed by atoms with Crippen molar-refractivity contribution >= 4 is 28.5 Å². The van der Waals surface area contributed by atoms with Crippen LogP contribution in [0.5, 0.6) is 5.75 Å². The van der Waals surface area contributed by atoms with Crippen molar-refractivity contribution in [2.24, 2.45) is 0 Å². The normalized spacial score (nSPS) is 15.7. The molecule has 1 aromatic carbocycles. The zero-order chi connectivity index (χ0) is 13.8. The Hall–Kier alpha value is -0.780. The highest BCUT2D eigenvalue weighted by atomic mass is 127. The van der Waals surface area contributed by atoms with E-state index >= 15 is 0 Å². The van der Waals surface area contributed by atoms with Crippen molar-refractivity contribution in [3.8, 4) is 5.75 Å². The smallest absolute Gasteiger partial charge is 0.257 e. The highest BCUT2D eigenvalue weighted by molar-refractivity contribution is 14.1. The summed E-state index contributed by atoms with van der Waals surface area (Å²) in [6.07, 6.45) is 3.52. The highest BCUT2D eigenvalue weighted by Gasteiger charge is 2.21. The molecule has 1 aliphatic heterocycles. The van der Waals surface area contributed by atoms with Crippen LogP contribution in [0.1, 0.15) is 43.5 Å². The third-order valence-electron chi connectivity index (χ3n) is 3.18. The standard InChI is InChI=1S/C15H20INO2/c1-11(2)19-14-10-12(16)6-7-13(14)15(18)17-8-4-3-5-9-17/h6-7,10-11H,3-5,8-9H2,1-2H3. The van der Waals surface area contributed by atoms with Gasteiger partial charge in [-0.3, -0.25) is 4.79 Å². The number of likely N-dealkylation sites (tertiary alicyclic amines) is 1. The van der Waals surface area contributed by atoms with Crippen molar-refractivity contribution < 1.29 is 9.53 Å². The number of halogens is 1. The van der Waals surface area contributed by atoms with Crippen LogP contribution < -0.4 is 4.74 Å². The van der Waals surface area contributed by atoms with Gasteiger partial charge < -0.3 is 9.64 Å². The molecule has 0 aromatic heterocycles. The molecule has 1 amide bonds. The summed E-state index contributed by atoms with van der Waals surface area (Å²) in [5.41, 5.74) is 0.691. The molecule has 0 spiro atoms. The second kappa shape index (κ2) is 6.59. The van der Waals surface area contributed by atoms with Gasteiger partial charge in [0, 0.05) is 16.7 Å². The van der Waals surface area contributed by atoms with E-state index in [9.17, 15) is 4.79 Å². The summed E-state index contributed by atoms with van der Waals surface area (Å²) in [6.45, 7) is 5.70. The van der Waals surface area contributed by atoms with Crippen molar-refractivity contribution in [3.63, 3.8) is 0 Å². The highest BCUT2D eigenvalue weighted by Crippen LogP contribution is 2.25. The summed E-state index contributed by atoms with van der Waals surface area (Å²) in [5.74, 6) is 0.809. The Balaban J connectivity index is 2.24. The first kappa shape index (κ1) is 14.6. The molecule has 1 fully saturated rings. The zero-order valence-corrected chi connectivity index (χ0v) is 13.6. The molecule has 0 aliphatic carbocycles. The third-order valence-corrected chi connectivity index (χ3v) is 3.85. The Bertz CT molecular complexity index is 453. The van der Waals surface area contributed by atoms with Crippen LogP contribution in [0.2, 0.25) is 0 Å². The van der Waals surface area contributed by atoms with E-state index in [1.165, 1.54) is 6.42 Å². The Kier molecular flexibility index (Phi) is 5.07. The molecule has 0 unspecified atom stereocenters. The number of ether oxygens (including phenoxy) is 1. The number of carbonyl (C=O) groups excluding carboxylic acids is 1. The van der Waals surface area contributed by atoms with Crippen LogP contribution in [-0.4, -0.2) is 30.0 Å². The van der Waals surface area contributed by atoms with Crippen LogP contribution in [0.25, 0.3) is 0 Å². The molecule has 0 atom stereocenters. The molecule has 0 radical (unpaired) electrons. The molecule has 2 rings (SSSR count). The fourth-order valence-corrected chi connectivity index (χ4v) is 2.75. The number of carbonyl (C=O) groups is 1. The molecule has 0 bridgehead atoms. The van der Waals surface area contributed by atoms with Gasteiger partial charge in [-0.05, 0) is 73.9 Å². The summed E-state index contributed by atoms with van der Waals surface area (Å²) >= 11 is 2.24. The number of piperidine rings is 1. The van der Waals surface area contributed by atoms with E-state index in [1.807, 2.05) is 36.9 Å². The van der Waals surface area contributed by atoms with Crippen molar-refractivity contribution in [2.45, 2.75) is 39.2 Å². The maximum absolute atomic E-state index is 12.6. The van der Waals surface area contributed by atoms with Crippen molar-refractivity contribution in [3.05, 3.63) is 27.3 Å². The number of rotatable bonds is 3. The Morgan fingerprint density at radius 2 is 1.95 bits per heavy atom. The number of hydrogen-bond donors (Lipinski definition) is 0. The molecule has 0 N–H and O–H groups in total. The first-order valence-corrected chi connectivity index (χ1v) is 7.91. The fraction of sp³-hybridized carbons (Fsp3) is 0.533. The van der Waals surface area contributed by atoms with Gasteiger partial charge in [0.05, 0.1) is 11.7 Å². The van der Waals surface area contributed by atoms with Crippen LogP contribution in [0.4, 0.5) is 0 Å². The van der Waals surface area contributed by atoms with Crippen LogP contribution >= 0.6 is 22.6 Å². The van der Waals surface area contributed by atoms with E-state index < -0.39 is 0 Å². The van der Waals surface area contributed by atoms with Gasteiger partial charge in [-0.15, -0.1) is 0 Å². The molecule has 1 heterocycles. The van der Waals surface area contributed by atoms with E-state index in [0.29, 0.717) is 11.3 Å². The van der Waals surface area contributed by atoms with Gasteiger partial charge >= 0.3 is 0 Å². The molecule has 1 saturated heterocycles. The molecule has 19 heavy (non-hydrogen) atoms. The molecule has 104 valence electrons. The number of hydrogen-bond acceptors (Lipinski definition) is 2. The van der Waals surface area contributed by atoms with E-state index in [1.54, 1.807) is 0 Å². The van der Waals surface area contributed by atoms with Crippen molar-refractivity contribution in [2.75, 3.05) is 13.1 Å². The molecular weight excluding hydrogens is 353 g/mol. The van der Waals surface area contributed by atoms with E-state index in [2.05, 4.69) is 22.6 Å². The average Bonchev–Trinajstić information content (AvgIpc) is 2.38. The van der Waals surface area contributed by atoms with Gasteiger partial charge in [0.1, 0.15) is 5.75 Å². The van der Waals surface area contributed by atoms with Crippen LogP contribution in [-0.2, 0) is 0 Å². The van der Waals surface area contributed by atoms with Gasteiger partial charge in [-0.1, -0.05) is 0 Å². The van der Waals surface area contributed by atoms with Gasteiger partial charge in [-0.2, -0.15) is 0 Å². The molecule has 1 aromatic rings. The van der Waals surface area contributed by atoms with Crippen molar-refractivity contribution in [1.82, 2.24) is 4.90 Å². The second-order valence-electron chi connectivity index (χ2n) is 5.16. The molecular formula is C15H20INO2. The number of nitrogens with zero attached hydrogens (tertiary/aromatic N) is 1. The lowest BCUT2D eigenvalue weighted by Crippen LogP contribution is -2.35. The van der Waals surface area contributed by atoms with E-state index in [0.717, 1.165) is 29.5 Å². The molecule has 4 heteroatoms. The van der Waals surface area contributed by atoms with E-state index in [4.69, 9.17) is 4.74 Å². The lowest BCUT2D eigenvalue weighted by Gasteiger charge is -2.27. The largest absolute Gasteiger partial charge is 0.490 e. The Labute approximate surface area is 128 Å². The Morgan fingerprint density at radius 3 is 2.58 bits per heavy atom. The number of benzene rings is 1. The summed E-state index contributed by atoms with van der Waals surface area (Å²) in [4.78, 5) is 14.5. The van der Waals surface area contributed by atoms with Gasteiger partial charge in [0.15, 0.2) is 0 Å². The lowest BCUT2D eigenvalue weighted by atomic mass is 10.1. The predicted octanol–water partition coefficient (Wildman–Crippen LogP) is 3.70. The fourth-order valence-electron chi connectivity index (χ4n) is 2.29. The topological polar surface area (TPSA) is 29.5 Å². The average molecular weight is 373 g/mol. The van der Waals surface area contributed by atoms with Gasteiger partial charge in [0.2, 0.25) is 0 Å². The number of amides is 1. The van der Waals surface area contributed by atoms with Gasteiger partial charge in [0.25, 0.3) is 5.91 Å². The van der Waals surface area contributed by atoms with Crippen LogP contribution in [0.3, 0.4) is 0 Å². The minimum Gasteiger partial charge on any atom is -0.490 e. The Morgan fingerprint density at radius 1 is 1.26 bits per heavy atom. The molecule has 0 saturated carbocycles. The van der Waals surface area contributed by atoms with Crippen molar-refractivity contribution in [1.29, 1.82) is 0 Å². The first-order chi connectivity index (χ1) is 9.08. The summed E-state index contributed by atoms with van der Waals surface area (Å²) < 4.78 is 6.87. The lowest BCUT2D eigenvalue weighted by molar-refractivity contribution is 0.0718. The van der Waals surface area contributed by atoms with E-state index in [-0.39, 0.29) is 12.0 Å². The van der Waals surface area contributed by atoms with Gasteiger partial charge in [-0.25, -0.2) is 0 Å². The second-order valence-corrected chi connectivity index (χ2v) is 6.41. The molecule has 3 nitrogen and oxygen atoms in total. The first-order valence-electron chi connectivity index (χ1n) is 6.83. The van der Waals surface area contributed by atoms with Crippen LogP contribution in [0.15, 0.2) is 18.2 Å². The molecule has 1 aliphatic rings. The quantitative estimate of drug-likeness (QED) is 0.757. The monoisotopic (exact) mass is 373 g/mol. The SMILES string of the molecule is CC(C)Oc1cc(I)ccc1C(=O)N1CCCCC1. The summed E-state index contributed by atoms with van der Waals surface area (Å²) in [5, 5.41) is 0. The minimum absolute atomic E-state index is 0.0751. The third kappa shape index (κ3) is 3.84. The zero-order valence-electron chi connectivity index (χ0n) is 11.5. The maximum Gasteiger partial charge on any atom is 0.257 e. The predicted molar refractivity (Wildman–Crippen MR) is 84.7 cm³/mol. The maximum atomic E-state index is 12.6.